The summed E-state index contributed by atoms with van der Waals surface area (Å²) in [5.41, 5.74) is 1.89. The van der Waals surface area contributed by atoms with Gasteiger partial charge in [-0.2, -0.15) is 0 Å². The van der Waals surface area contributed by atoms with E-state index in [1.54, 1.807) is 12.4 Å². The number of carbonyl (C=O) groups is 1. The summed E-state index contributed by atoms with van der Waals surface area (Å²) in [5.74, 6) is -0.721. The number of carboxylic acids is 1. The summed E-state index contributed by atoms with van der Waals surface area (Å²) < 4.78 is 0. The van der Waals surface area contributed by atoms with Crippen molar-refractivity contribution in [2.24, 2.45) is 4.99 Å². The molecule has 0 spiro atoms. The summed E-state index contributed by atoms with van der Waals surface area (Å²) in [6.45, 7) is 0. The first-order valence-corrected chi connectivity index (χ1v) is 6.06. The lowest BCUT2D eigenvalue weighted by Crippen LogP contribution is -2.42. The van der Waals surface area contributed by atoms with E-state index in [1.165, 1.54) is 0 Å². The Kier molecular flexibility index (Phi) is 2.44. The molecule has 0 bridgehead atoms. The highest BCUT2D eigenvalue weighted by Crippen LogP contribution is 2.45. The summed E-state index contributed by atoms with van der Waals surface area (Å²) >= 11 is 0. The van der Waals surface area contributed by atoms with Crippen molar-refractivity contribution in [3.63, 3.8) is 0 Å². The maximum atomic E-state index is 11.5. The Morgan fingerprint density at radius 3 is 2.89 bits per heavy atom. The van der Waals surface area contributed by atoms with Crippen molar-refractivity contribution in [3.8, 4) is 0 Å². The molecule has 1 aromatic rings. The second-order valence-electron chi connectivity index (χ2n) is 4.75. The molecule has 0 radical (unpaired) electrons. The van der Waals surface area contributed by atoms with Gasteiger partial charge in [0.05, 0.1) is 16.8 Å². The van der Waals surface area contributed by atoms with E-state index in [0.29, 0.717) is 0 Å². The van der Waals surface area contributed by atoms with Crippen LogP contribution < -0.4 is 5.32 Å². The number of anilines is 1. The van der Waals surface area contributed by atoms with Crippen LogP contribution in [0.2, 0.25) is 0 Å². The molecular formula is C14H14N2O2. The summed E-state index contributed by atoms with van der Waals surface area (Å²) in [7, 11) is 0. The molecule has 4 nitrogen and oxygen atoms in total. The van der Waals surface area contributed by atoms with Gasteiger partial charge in [-0.1, -0.05) is 12.5 Å². The minimum atomic E-state index is -0.721. The molecule has 0 amide bonds. The van der Waals surface area contributed by atoms with E-state index < -0.39 is 11.4 Å². The van der Waals surface area contributed by atoms with Crippen LogP contribution in [0.4, 0.5) is 11.4 Å². The molecule has 1 aromatic carbocycles. The number of fused-ring (bicyclic) bond motifs is 1. The van der Waals surface area contributed by atoms with Crippen LogP contribution in [-0.4, -0.2) is 17.3 Å². The van der Waals surface area contributed by atoms with E-state index in [-0.39, 0.29) is 0 Å². The molecule has 1 fully saturated rings. The van der Waals surface area contributed by atoms with E-state index in [1.807, 2.05) is 24.3 Å². The number of aliphatic carboxylic acids is 1. The number of hydrogen-bond donors (Lipinski definition) is 2. The number of carboxylic acid groups (broad SMARTS) is 1. The van der Waals surface area contributed by atoms with Crippen molar-refractivity contribution >= 4 is 23.6 Å². The van der Waals surface area contributed by atoms with E-state index in [0.717, 1.165) is 36.2 Å². The first kappa shape index (κ1) is 11.0. The molecule has 0 unspecified atom stereocenters. The van der Waals surface area contributed by atoms with Crippen LogP contribution in [0, 0.1) is 0 Å². The molecule has 0 aromatic heterocycles. The maximum absolute atomic E-state index is 11.5. The van der Waals surface area contributed by atoms with Crippen molar-refractivity contribution in [2.45, 2.75) is 24.7 Å². The molecule has 1 aliphatic heterocycles. The Bertz CT molecular complexity index is 557. The van der Waals surface area contributed by atoms with Crippen LogP contribution in [0.3, 0.4) is 0 Å². The third kappa shape index (κ3) is 1.53. The lowest BCUT2D eigenvalue weighted by Gasteiger charge is -2.38. The monoisotopic (exact) mass is 242 g/mol. The van der Waals surface area contributed by atoms with Gasteiger partial charge >= 0.3 is 5.97 Å². The van der Waals surface area contributed by atoms with Crippen molar-refractivity contribution < 1.29 is 9.90 Å². The highest BCUT2D eigenvalue weighted by molar-refractivity contribution is 5.86. The van der Waals surface area contributed by atoms with E-state index in [2.05, 4.69) is 10.3 Å². The predicted octanol–water partition coefficient (Wildman–Crippen LogP) is 2.83. The molecule has 92 valence electrons. The topological polar surface area (TPSA) is 61.7 Å². The van der Waals surface area contributed by atoms with Crippen molar-refractivity contribution in [1.29, 1.82) is 0 Å². The number of nitrogens with one attached hydrogen (secondary N) is 1. The van der Waals surface area contributed by atoms with Gasteiger partial charge in [0, 0.05) is 12.4 Å². The van der Waals surface area contributed by atoms with Crippen molar-refractivity contribution in [3.05, 3.63) is 36.0 Å². The first-order chi connectivity index (χ1) is 8.72. The van der Waals surface area contributed by atoms with Gasteiger partial charge < -0.3 is 10.4 Å². The predicted molar refractivity (Wildman–Crippen MR) is 70.5 cm³/mol. The highest BCUT2D eigenvalue weighted by atomic mass is 16.4. The van der Waals surface area contributed by atoms with E-state index >= 15 is 0 Å². The summed E-state index contributed by atoms with van der Waals surface area (Å²) in [5, 5.41) is 12.6. The molecule has 3 rings (SSSR count). The maximum Gasteiger partial charge on any atom is 0.314 e. The number of rotatable bonds is 2. The smallest absolute Gasteiger partial charge is 0.314 e. The molecule has 4 heteroatoms. The van der Waals surface area contributed by atoms with Gasteiger partial charge in [-0.3, -0.25) is 9.79 Å². The quantitative estimate of drug-likeness (QED) is 0.838. The standard InChI is InChI=1S/C14H14N2O2/c17-13(18)14(5-1-6-14)10-3-4-11-12(9-10)16-8-2-7-15-11/h2-4,7-9,16H,1,5-6H2,(H,17,18). The van der Waals surface area contributed by atoms with Crippen LogP contribution in [0.25, 0.3) is 0 Å². The zero-order valence-corrected chi connectivity index (χ0v) is 9.89. The van der Waals surface area contributed by atoms with Gasteiger partial charge in [-0.25, -0.2) is 0 Å². The van der Waals surface area contributed by atoms with Crippen LogP contribution in [0.1, 0.15) is 24.8 Å². The zero-order chi connectivity index (χ0) is 12.6. The number of allylic oxidation sites excluding steroid dienone is 1. The summed E-state index contributed by atoms with van der Waals surface area (Å²) in [6, 6.07) is 5.68. The fourth-order valence-electron chi connectivity index (χ4n) is 2.52. The van der Waals surface area contributed by atoms with E-state index in [9.17, 15) is 9.90 Å². The molecular weight excluding hydrogens is 228 g/mol. The largest absolute Gasteiger partial charge is 0.481 e. The number of aliphatic imine (C=N–C) groups is 1. The third-order valence-electron chi connectivity index (χ3n) is 3.80. The molecule has 2 N–H and O–H groups in total. The molecule has 0 atom stereocenters. The van der Waals surface area contributed by atoms with E-state index in [4.69, 9.17) is 0 Å². The normalized spacial score (nSPS) is 19.3. The number of benzene rings is 1. The van der Waals surface area contributed by atoms with Crippen LogP contribution in [-0.2, 0) is 10.2 Å². The lowest BCUT2D eigenvalue weighted by atomic mass is 9.64. The Morgan fingerprint density at radius 1 is 1.39 bits per heavy atom. The minimum absolute atomic E-state index is 0.684. The molecule has 18 heavy (non-hydrogen) atoms. The Balaban J connectivity index is 2.05. The van der Waals surface area contributed by atoms with Crippen LogP contribution in [0.5, 0.6) is 0 Å². The second-order valence-corrected chi connectivity index (χ2v) is 4.75. The first-order valence-electron chi connectivity index (χ1n) is 6.06. The zero-order valence-electron chi connectivity index (χ0n) is 9.89. The molecule has 0 saturated heterocycles. The summed E-state index contributed by atoms with van der Waals surface area (Å²) in [6.07, 6.45) is 7.76. The Labute approximate surface area is 105 Å². The SMILES string of the molecule is O=C(O)C1(c2ccc3c(c2)NC=CC=N3)CCC1. The van der Waals surface area contributed by atoms with Gasteiger partial charge in [0.2, 0.25) is 0 Å². The minimum Gasteiger partial charge on any atom is -0.481 e. The van der Waals surface area contributed by atoms with Crippen molar-refractivity contribution in [2.75, 3.05) is 5.32 Å². The lowest BCUT2D eigenvalue weighted by molar-refractivity contribution is -0.147. The average molecular weight is 242 g/mol. The van der Waals surface area contributed by atoms with Gasteiger partial charge in [-0.15, -0.1) is 0 Å². The Morgan fingerprint density at radius 2 is 2.22 bits per heavy atom. The van der Waals surface area contributed by atoms with Gasteiger partial charge in [0.15, 0.2) is 0 Å². The third-order valence-corrected chi connectivity index (χ3v) is 3.80. The highest BCUT2D eigenvalue weighted by Gasteiger charge is 2.46. The molecule has 1 heterocycles. The fraction of sp³-hybridized carbons (Fsp3) is 0.286. The average Bonchev–Trinajstić information content (AvgIpc) is 2.51. The van der Waals surface area contributed by atoms with Gasteiger partial charge in [0.1, 0.15) is 0 Å². The van der Waals surface area contributed by atoms with Gasteiger partial charge in [-0.05, 0) is 36.6 Å². The molecule has 1 saturated carbocycles. The molecule has 2 aliphatic rings. The number of hydrogen-bond acceptors (Lipinski definition) is 3. The summed E-state index contributed by atoms with van der Waals surface area (Å²) in [4.78, 5) is 15.8. The van der Waals surface area contributed by atoms with Crippen molar-refractivity contribution in [1.82, 2.24) is 0 Å². The molecule has 1 aliphatic carbocycles. The number of nitrogens with zero attached hydrogens (tertiary/aromatic N) is 1. The second kappa shape index (κ2) is 3.98. The Hall–Kier alpha value is -2.10. The van der Waals surface area contributed by atoms with Crippen LogP contribution in [0.15, 0.2) is 35.5 Å². The fourth-order valence-corrected chi connectivity index (χ4v) is 2.52. The van der Waals surface area contributed by atoms with Crippen LogP contribution >= 0.6 is 0 Å². The van der Waals surface area contributed by atoms with Gasteiger partial charge in [0.25, 0.3) is 0 Å².